The average Bonchev–Trinajstić information content (AvgIpc) is 3.44. The topological polar surface area (TPSA) is 179 Å². The number of nitrogens with zero attached hydrogens (tertiary/aromatic N) is 7. The Morgan fingerprint density at radius 3 is 2.14 bits per heavy atom. The number of benzene rings is 2. The van der Waals surface area contributed by atoms with Crippen LogP contribution < -0.4 is 9.62 Å². The number of halogens is 11. The summed E-state index contributed by atoms with van der Waals surface area (Å²) in [5.41, 5.74) is -5.15. The summed E-state index contributed by atoms with van der Waals surface area (Å²) in [7, 11) is -5.31. The number of carbonyl (C=O) groups is 2. The number of sulfonamides is 1. The first-order chi connectivity index (χ1) is 33.5. The third-order valence-electron chi connectivity index (χ3n) is 12.9. The van der Waals surface area contributed by atoms with Crippen molar-refractivity contribution < 1.29 is 75.1 Å². The Kier molecular flexibility index (Phi) is 14.6. The zero-order valence-corrected chi connectivity index (χ0v) is 42.2. The number of pyridine rings is 1. The van der Waals surface area contributed by atoms with Gasteiger partial charge in [-0.15, -0.1) is 0 Å². The Labute approximate surface area is 416 Å². The van der Waals surface area contributed by atoms with Gasteiger partial charge in [0, 0.05) is 53.1 Å². The Morgan fingerprint density at radius 2 is 1.56 bits per heavy atom. The van der Waals surface area contributed by atoms with Crippen LogP contribution in [-0.4, -0.2) is 109 Å². The molecule has 7 rings (SSSR count). The first-order valence-corrected chi connectivity index (χ1v) is 26.2. The number of hydrogen-bond acceptors (Lipinski definition) is 11. The minimum absolute atomic E-state index is 0.00468. The fraction of sp³-hybridized carbons (Fsp3) is 0.489. The van der Waals surface area contributed by atoms with E-state index in [-0.39, 0.29) is 56.5 Å². The number of carbonyl (C=O) groups excluding carboxylic acids is 2. The SMILES string of the molecule is C[C@@H]1C2c3c(C(F)(F)F)nn(CC(=O)N[C@@H](Cc4cc(F)cc(F)c4)c4nc(CCC(C)(C)S(C)(=O)=O)ccc4-c4ccc(Cl)c5c(N(C(=O)OCCN(C)C)S(C)(=O)=O)nn(CC(F)(F)F)c45)c3C(F)(F)[C@@H]21. The fourth-order valence-corrected chi connectivity index (χ4v) is 10.5. The van der Waals surface area contributed by atoms with Crippen LogP contribution in [0.1, 0.15) is 73.1 Å². The highest BCUT2D eigenvalue weighted by molar-refractivity contribution is 7.92. The van der Waals surface area contributed by atoms with E-state index < -0.39 is 155 Å². The summed E-state index contributed by atoms with van der Waals surface area (Å²) in [5.74, 6) is -11.9. The molecule has 73 heavy (non-hydrogen) atoms. The lowest BCUT2D eigenvalue weighted by Crippen LogP contribution is -2.38. The molecule has 15 nitrogen and oxygen atoms in total. The summed E-state index contributed by atoms with van der Waals surface area (Å²) >= 11 is 6.65. The minimum Gasteiger partial charge on any atom is -0.447 e. The molecule has 2 aromatic carbocycles. The van der Waals surface area contributed by atoms with Crippen molar-refractivity contribution in [3.05, 3.63) is 93.0 Å². The lowest BCUT2D eigenvalue weighted by molar-refractivity contribution is -0.143. The van der Waals surface area contributed by atoms with Crippen LogP contribution in [0.3, 0.4) is 0 Å². The van der Waals surface area contributed by atoms with Gasteiger partial charge in [-0.3, -0.25) is 19.1 Å². The Balaban J connectivity index is 1.46. The van der Waals surface area contributed by atoms with E-state index in [1.165, 1.54) is 32.9 Å². The largest absolute Gasteiger partial charge is 0.447 e. The molecule has 2 aliphatic rings. The molecule has 398 valence electrons. The molecular weight excluding hydrogens is 1050 g/mol. The quantitative estimate of drug-likeness (QED) is 0.0882. The van der Waals surface area contributed by atoms with Gasteiger partial charge in [-0.2, -0.15) is 49.6 Å². The Bertz CT molecular complexity index is 3220. The van der Waals surface area contributed by atoms with Crippen molar-refractivity contribution in [2.75, 3.05) is 44.1 Å². The molecule has 4 atom stereocenters. The number of rotatable bonds is 17. The van der Waals surface area contributed by atoms with Crippen molar-refractivity contribution >= 4 is 60.2 Å². The molecule has 1 unspecified atom stereocenters. The summed E-state index contributed by atoms with van der Waals surface area (Å²) in [6, 6.07) is 5.30. The molecule has 28 heteroatoms. The summed E-state index contributed by atoms with van der Waals surface area (Å²) < 4.78 is 205. The van der Waals surface area contributed by atoms with Crippen LogP contribution in [-0.2, 0) is 67.4 Å². The van der Waals surface area contributed by atoms with Gasteiger partial charge in [-0.25, -0.2) is 30.4 Å². The Hall–Kier alpha value is -5.54. The molecule has 3 aromatic heterocycles. The number of fused-ring (bicyclic) bond motifs is 4. The van der Waals surface area contributed by atoms with Gasteiger partial charge in [0.1, 0.15) is 37.0 Å². The molecule has 1 fully saturated rings. The molecule has 0 bridgehead atoms. The number of likely N-dealkylation sites (N-methyl/N-ethyl adjacent to an activating group) is 1. The smallest absolute Gasteiger partial charge is 0.435 e. The van der Waals surface area contributed by atoms with Gasteiger partial charge in [0.15, 0.2) is 21.3 Å². The highest BCUT2D eigenvalue weighted by Crippen LogP contribution is 2.71. The molecule has 3 heterocycles. The number of aryl methyl sites for hydroxylation is 1. The maximum absolute atomic E-state index is 15.8. The molecule has 1 saturated carbocycles. The number of alkyl halides is 8. The number of anilines is 1. The van der Waals surface area contributed by atoms with E-state index in [9.17, 15) is 61.5 Å². The van der Waals surface area contributed by atoms with Crippen molar-refractivity contribution in [3.63, 3.8) is 0 Å². The number of ether oxygens (including phenoxy) is 1. The normalized spacial score (nSPS) is 18.2. The molecule has 2 amide bonds. The summed E-state index contributed by atoms with van der Waals surface area (Å²) in [5, 5.41) is 8.86. The van der Waals surface area contributed by atoms with Gasteiger partial charge in [-0.05, 0) is 83.0 Å². The van der Waals surface area contributed by atoms with Crippen LogP contribution in [0.4, 0.5) is 54.5 Å². The van der Waals surface area contributed by atoms with Crippen LogP contribution >= 0.6 is 11.6 Å². The molecule has 0 aliphatic heterocycles. The molecule has 0 spiro atoms. The van der Waals surface area contributed by atoms with Gasteiger partial charge in [-0.1, -0.05) is 30.7 Å². The highest BCUT2D eigenvalue weighted by Gasteiger charge is 2.72. The van der Waals surface area contributed by atoms with E-state index in [1.54, 1.807) is 19.0 Å². The number of aromatic nitrogens is 5. The van der Waals surface area contributed by atoms with Gasteiger partial charge in [0.25, 0.3) is 5.92 Å². The van der Waals surface area contributed by atoms with Crippen LogP contribution in [0.5, 0.6) is 0 Å². The monoisotopic (exact) mass is 1100 g/mol. The third-order valence-corrected chi connectivity index (χ3v) is 16.4. The van der Waals surface area contributed by atoms with E-state index >= 15 is 8.78 Å². The number of nitrogens with one attached hydrogen (secondary N) is 1. The molecular formula is C45H47ClF10N8O7S2. The van der Waals surface area contributed by atoms with Gasteiger partial charge >= 0.3 is 18.4 Å². The predicted molar refractivity (Wildman–Crippen MR) is 246 cm³/mol. The number of hydrogen-bond donors (Lipinski definition) is 1. The van der Waals surface area contributed by atoms with Crippen LogP contribution in [0.25, 0.3) is 22.0 Å². The highest BCUT2D eigenvalue weighted by atomic mass is 35.5. The zero-order chi connectivity index (χ0) is 54.3. The van der Waals surface area contributed by atoms with Gasteiger partial charge in [0.05, 0.1) is 38.7 Å². The molecule has 2 aliphatic carbocycles. The Morgan fingerprint density at radius 1 is 0.932 bits per heavy atom. The van der Waals surface area contributed by atoms with E-state index in [1.807, 2.05) is 0 Å². The molecule has 5 aromatic rings. The summed E-state index contributed by atoms with van der Waals surface area (Å²) in [4.78, 5) is 34.1. The van der Waals surface area contributed by atoms with E-state index in [0.717, 1.165) is 30.5 Å². The molecule has 0 saturated heterocycles. The van der Waals surface area contributed by atoms with Crippen molar-refractivity contribution in [1.82, 2.24) is 34.8 Å². The van der Waals surface area contributed by atoms with Crippen LogP contribution in [0.15, 0.2) is 42.5 Å². The first-order valence-electron chi connectivity index (χ1n) is 22.1. The predicted octanol–water partition coefficient (Wildman–Crippen LogP) is 8.58. The second-order valence-corrected chi connectivity index (χ2v) is 23.9. The van der Waals surface area contributed by atoms with Gasteiger partial charge < -0.3 is 15.0 Å². The van der Waals surface area contributed by atoms with Crippen molar-refractivity contribution in [2.24, 2.45) is 11.8 Å². The number of sulfone groups is 1. The summed E-state index contributed by atoms with van der Waals surface area (Å²) in [6.07, 6.45) is -11.3. The van der Waals surface area contributed by atoms with Crippen LogP contribution in [0.2, 0.25) is 5.02 Å². The second kappa shape index (κ2) is 19.3. The zero-order valence-electron chi connectivity index (χ0n) is 39.8. The summed E-state index contributed by atoms with van der Waals surface area (Å²) in [6.45, 7) is 0.652. The van der Waals surface area contributed by atoms with E-state index in [4.69, 9.17) is 21.3 Å². The molecule has 0 radical (unpaired) electrons. The fourth-order valence-electron chi connectivity index (χ4n) is 9.07. The van der Waals surface area contributed by atoms with E-state index in [0.29, 0.717) is 17.0 Å². The maximum Gasteiger partial charge on any atom is 0.435 e. The van der Waals surface area contributed by atoms with E-state index in [2.05, 4.69) is 15.5 Å². The van der Waals surface area contributed by atoms with Crippen molar-refractivity contribution in [1.29, 1.82) is 0 Å². The lowest BCUT2D eigenvalue weighted by Gasteiger charge is -2.25. The maximum atomic E-state index is 15.8. The number of amides is 2. The molecule has 1 N–H and O–H groups in total. The van der Waals surface area contributed by atoms with Crippen molar-refractivity contribution in [3.8, 4) is 11.1 Å². The minimum atomic E-state index is -5.22. The third kappa shape index (κ3) is 11.3. The average molecular weight is 1100 g/mol. The lowest BCUT2D eigenvalue weighted by atomic mass is 9.93. The standard InChI is InChI=1S/C45H47ClF10N8O7S2/c1-22-32-34-38(45(54,55)56)59-62(39(34)44(52,53)35(22)32)20-31(65)58-30(18-23-16-24(47)19-25(48)17-23)36-27(9-8-26(57-36)12-13-42(2,3)72(6,67)68)28-10-11-29(46)33-37(28)63(21-43(49,50)51)60-40(33)64(73(7,69)70)41(66)71-15-14-61(4)5/h8-11,16-17,19,22,30,32,35H,12-15,18,20-21H2,1-7H3,(H,58,65)/t22-,30+,32?,35-/m1/s1. The van der Waals surface area contributed by atoms with Crippen molar-refractivity contribution in [2.45, 2.75) is 88.1 Å². The van der Waals surface area contributed by atoms with Crippen LogP contribution in [0, 0.1) is 23.5 Å². The first kappa shape index (κ1) is 55.2. The van der Waals surface area contributed by atoms with Gasteiger partial charge in [0.2, 0.25) is 15.9 Å². The second-order valence-electron chi connectivity index (χ2n) is 19.0.